The molecule has 0 bridgehead atoms. The van der Waals surface area contributed by atoms with Crippen molar-refractivity contribution in [3.63, 3.8) is 0 Å². The van der Waals surface area contributed by atoms with Gasteiger partial charge >= 0.3 is 0 Å². The van der Waals surface area contributed by atoms with E-state index < -0.39 is 0 Å². The van der Waals surface area contributed by atoms with Crippen LogP contribution in [0, 0.1) is 0 Å². The molecule has 3 heteroatoms. The van der Waals surface area contributed by atoms with Crippen LogP contribution in [0.1, 0.15) is 45.4 Å². The summed E-state index contributed by atoms with van der Waals surface area (Å²) in [5.74, 6) is 0. The fourth-order valence-corrected chi connectivity index (χ4v) is 3.06. The lowest BCUT2D eigenvalue weighted by atomic mass is 9.99. The summed E-state index contributed by atoms with van der Waals surface area (Å²) in [6.07, 6.45) is 8.09. The molecule has 1 saturated heterocycles. The Balaban J connectivity index is 2.44. The van der Waals surface area contributed by atoms with E-state index in [4.69, 9.17) is 0 Å². The van der Waals surface area contributed by atoms with E-state index in [0.29, 0.717) is 12.1 Å². The van der Waals surface area contributed by atoms with Crippen LogP contribution in [0.15, 0.2) is 0 Å². The van der Waals surface area contributed by atoms with Gasteiger partial charge in [0.05, 0.1) is 0 Å². The molecular weight excluding hydrogens is 222 g/mol. The van der Waals surface area contributed by atoms with Crippen molar-refractivity contribution in [2.24, 2.45) is 0 Å². The van der Waals surface area contributed by atoms with Gasteiger partial charge in [-0.3, -0.25) is 0 Å². The summed E-state index contributed by atoms with van der Waals surface area (Å²) in [7, 11) is 6.68. The Morgan fingerprint density at radius 2 is 1.94 bits per heavy atom. The van der Waals surface area contributed by atoms with Crippen molar-refractivity contribution >= 4 is 0 Å². The third-order valence-electron chi connectivity index (χ3n) is 4.32. The zero-order chi connectivity index (χ0) is 13.4. The smallest absolute Gasteiger partial charge is 0.0373 e. The number of hydrogen-bond donors (Lipinski definition) is 1. The minimum atomic E-state index is 0.646. The number of rotatable bonds is 7. The van der Waals surface area contributed by atoms with E-state index in [-0.39, 0.29) is 0 Å². The molecule has 1 rings (SSSR count). The highest BCUT2D eigenvalue weighted by molar-refractivity contribution is 4.86. The summed E-state index contributed by atoms with van der Waals surface area (Å²) in [5, 5.41) is 3.56. The molecule has 18 heavy (non-hydrogen) atoms. The molecule has 1 aliphatic rings. The molecule has 0 radical (unpaired) electrons. The molecule has 0 saturated carbocycles. The Morgan fingerprint density at radius 1 is 1.17 bits per heavy atom. The van der Waals surface area contributed by atoms with Gasteiger partial charge in [-0.05, 0) is 47.1 Å². The van der Waals surface area contributed by atoms with Crippen LogP contribution in [0.25, 0.3) is 0 Å². The van der Waals surface area contributed by atoms with Gasteiger partial charge in [-0.25, -0.2) is 0 Å². The Labute approximate surface area is 114 Å². The van der Waals surface area contributed by atoms with E-state index >= 15 is 0 Å². The van der Waals surface area contributed by atoms with Gasteiger partial charge in [0, 0.05) is 18.6 Å². The van der Waals surface area contributed by atoms with Crippen LogP contribution in [0.5, 0.6) is 0 Å². The third kappa shape index (κ3) is 5.25. The molecule has 2 unspecified atom stereocenters. The highest BCUT2D eigenvalue weighted by Crippen LogP contribution is 2.15. The first kappa shape index (κ1) is 15.9. The van der Waals surface area contributed by atoms with Crippen LogP contribution in [0.4, 0.5) is 0 Å². The maximum absolute atomic E-state index is 3.56. The monoisotopic (exact) mass is 255 g/mol. The van der Waals surface area contributed by atoms with E-state index in [2.05, 4.69) is 43.2 Å². The summed E-state index contributed by atoms with van der Waals surface area (Å²) in [6.45, 7) is 5.97. The van der Waals surface area contributed by atoms with Crippen LogP contribution >= 0.6 is 0 Å². The predicted molar refractivity (Wildman–Crippen MR) is 80.1 cm³/mol. The SMILES string of the molecule is CCCCCCC(NC)C1CN(C)CCCN1C. The predicted octanol–water partition coefficient (Wildman–Crippen LogP) is 2.18. The van der Waals surface area contributed by atoms with E-state index in [9.17, 15) is 0 Å². The van der Waals surface area contributed by atoms with Crippen LogP contribution < -0.4 is 5.32 Å². The number of nitrogens with one attached hydrogen (secondary N) is 1. The third-order valence-corrected chi connectivity index (χ3v) is 4.32. The highest BCUT2D eigenvalue weighted by atomic mass is 15.2. The number of likely N-dealkylation sites (N-methyl/N-ethyl adjacent to an activating group) is 3. The highest BCUT2D eigenvalue weighted by Gasteiger charge is 2.26. The molecule has 1 N–H and O–H groups in total. The lowest BCUT2D eigenvalue weighted by Crippen LogP contribution is -2.51. The van der Waals surface area contributed by atoms with Gasteiger partial charge in [0.15, 0.2) is 0 Å². The Hall–Kier alpha value is -0.120. The summed E-state index contributed by atoms with van der Waals surface area (Å²) in [4.78, 5) is 5.05. The zero-order valence-electron chi connectivity index (χ0n) is 12.9. The lowest BCUT2D eigenvalue weighted by Gasteiger charge is -2.34. The summed E-state index contributed by atoms with van der Waals surface area (Å²) >= 11 is 0. The van der Waals surface area contributed by atoms with Crippen molar-refractivity contribution in [1.29, 1.82) is 0 Å². The largest absolute Gasteiger partial charge is 0.315 e. The van der Waals surface area contributed by atoms with Crippen molar-refractivity contribution in [3.8, 4) is 0 Å². The first-order valence-electron chi connectivity index (χ1n) is 7.75. The minimum absolute atomic E-state index is 0.646. The van der Waals surface area contributed by atoms with Gasteiger partial charge in [0.1, 0.15) is 0 Å². The molecule has 2 atom stereocenters. The molecule has 0 aromatic heterocycles. The second-order valence-corrected chi connectivity index (χ2v) is 5.91. The standard InChI is InChI=1S/C15H33N3/c1-5-6-7-8-10-14(16-2)15-13-17(3)11-9-12-18(15)4/h14-16H,5-13H2,1-4H3. The molecule has 0 aliphatic carbocycles. The molecule has 0 aromatic rings. The van der Waals surface area contributed by atoms with Crippen LogP contribution in [0.3, 0.4) is 0 Å². The maximum atomic E-state index is 3.56. The molecule has 1 aliphatic heterocycles. The van der Waals surface area contributed by atoms with Gasteiger partial charge in [-0.1, -0.05) is 32.6 Å². The van der Waals surface area contributed by atoms with E-state index in [1.54, 1.807) is 0 Å². The summed E-state index contributed by atoms with van der Waals surface area (Å²) < 4.78 is 0. The normalized spacial score (nSPS) is 25.0. The van der Waals surface area contributed by atoms with E-state index in [1.807, 2.05) is 0 Å². The maximum Gasteiger partial charge on any atom is 0.0373 e. The lowest BCUT2D eigenvalue weighted by molar-refractivity contribution is 0.175. The molecule has 3 nitrogen and oxygen atoms in total. The average molecular weight is 255 g/mol. The summed E-state index contributed by atoms with van der Waals surface area (Å²) in [5.41, 5.74) is 0. The fourth-order valence-electron chi connectivity index (χ4n) is 3.06. The van der Waals surface area contributed by atoms with E-state index in [1.165, 1.54) is 58.2 Å². The summed E-state index contributed by atoms with van der Waals surface area (Å²) in [6, 6.07) is 1.32. The van der Waals surface area contributed by atoms with Gasteiger partial charge in [-0.15, -0.1) is 0 Å². The van der Waals surface area contributed by atoms with Gasteiger partial charge in [0.2, 0.25) is 0 Å². The van der Waals surface area contributed by atoms with Crippen molar-refractivity contribution < 1.29 is 0 Å². The molecule has 108 valence electrons. The van der Waals surface area contributed by atoms with Crippen LogP contribution in [0.2, 0.25) is 0 Å². The molecule has 0 spiro atoms. The average Bonchev–Trinajstić information content (AvgIpc) is 2.52. The van der Waals surface area contributed by atoms with Crippen molar-refractivity contribution in [2.75, 3.05) is 40.8 Å². The molecule has 1 fully saturated rings. The quantitative estimate of drug-likeness (QED) is 0.704. The van der Waals surface area contributed by atoms with Crippen molar-refractivity contribution in [2.45, 2.75) is 57.5 Å². The van der Waals surface area contributed by atoms with Crippen LogP contribution in [-0.2, 0) is 0 Å². The zero-order valence-corrected chi connectivity index (χ0v) is 12.9. The Kier molecular flexibility index (Phi) is 7.87. The fraction of sp³-hybridized carbons (Fsp3) is 1.00. The second kappa shape index (κ2) is 8.89. The van der Waals surface area contributed by atoms with E-state index in [0.717, 1.165) is 0 Å². The van der Waals surface area contributed by atoms with Gasteiger partial charge in [-0.2, -0.15) is 0 Å². The molecule has 0 aromatic carbocycles. The first-order chi connectivity index (χ1) is 8.69. The van der Waals surface area contributed by atoms with Crippen LogP contribution in [-0.4, -0.2) is 62.7 Å². The number of nitrogens with zero attached hydrogens (tertiary/aromatic N) is 2. The Bertz CT molecular complexity index is 208. The first-order valence-corrected chi connectivity index (χ1v) is 7.75. The van der Waals surface area contributed by atoms with Crippen molar-refractivity contribution in [1.82, 2.24) is 15.1 Å². The number of hydrogen-bond acceptors (Lipinski definition) is 3. The van der Waals surface area contributed by atoms with Gasteiger partial charge in [0.25, 0.3) is 0 Å². The second-order valence-electron chi connectivity index (χ2n) is 5.91. The Morgan fingerprint density at radius 3 is 2.61 bits per heavy atom. The van der Waals surface area contributed by atoms with Gasteiger partial charge < -0.3 is 15.1 Å². The molecular formula is C15H33N3. The molecule has 0 amide bonds. The number of unbranched alkanes of at least 4 members (excludes halogenated alkanes) is 3. The topological polar surface area (TPSA) is 18.5 Å². The molecule has 1 heterocycles. The van der Waals surface area contributed by atoms with Crippen molar-refractivity contribution in [3.05, 3.63) is 0 Å². The minimum Gasteiger partial charge on any atom is -0.315 e.